The fourth-order valence-corrected chi connectivity index (χ4v) is 5.50. The standard InChI is InChI=1S/C29H34N4O7S/c1-28(2,3)40-27(36)33(19-26(34)35)24-9-7-8-22(31-24)23(32-41(37,38)25-10-5-6-17-30-25)18-20-11-13-21(14-12-20)29(39-4)15-16-29/h5-14,17,23,32H,15-16,18-19H2,1-4H3,(H,34,35). The van der Waals surface area contributed by atoms with E-state index in [0.29, 0.717) is 0 Å². The van der Waals surface area contributed by atoms with Crippen LogP contribution in [0.1, 0.15) is 56.5 Å². The van der Waals surface area contributed by atoms with E-state index in [1.54, 1.807) is 52.1 Å². The summed E-state index contributed by atoms with van der Waals surface area (Å²) in [5.74, 6) is -1.26. The number of methoxy groups -OCH3 is 1. The number of rotatable bonds is 11. The van der Waals surface area contributed by atoms with Crippen molar-refractivity contribution in [2.45, 2.75) is 62.3 Å². The van der Waals surface area contributed by atoms with Crippen molar-refractivity contribution in [3.8, 4) is 0 Å². The molecule has 1 fully saturated rings. The van der Waals surface area contributed by atoms with Crippen LogP contribution < -0.4 is 9.62 Å². The Bertz CT molecular complexity index is 1490. The second-order valence-corrected chi connectivity index (χ2v) is 12.5. The van der Waals surface area contributed by atoms with Gasteiger partial charge in [-0.2, -0.15) is 0 Å². The van der Waals surface area contributed by atoms with E-state index in [1.807, 2.05) is 24.3 Å². The first kappa shape index (κ1) is 30.1. The van der Waals surface area contributed by atoms with Gasteiger partial charge in [0.2, 0.25) is 0 Å². The summed E-state index contributed by atoms with van der Waals surface area (Å²) in [5.41, 5.74) is 1.03. The zero-order chi connectivity index (χ0) is 29.8. The molecule has 1 atom stereocenters. The largest absolute Gasteiger partial charge is 0.480 e. The van der Waals surface area contributed by atoms with E-state index in [2.05, 4.69) is 14.7 Å². The monoisotopic (exact) mass is 582 g/mol. The fourth-order valence-electron chi connectivity index (χ4n) is 4.34. The molecule has 0 bridgehead atoms. The molecule has 1 aliphatic carbocycles. The molecule has 41 heavy (non-hydrogen) atoms. The smallest absolute Gasteiger partial charge is 0.416 e. The molecule has 2 N–H and O–H groups in total. The van der Waals surface area contributed by atoms with Gasteiger partial charge in [0.25, 0.3) is 10.0 Å². The van der Waals surface area contributed by atoms with Crippen LogP contribution in [0.3, 0.4) is 0 Å². The normalized spacial score (nSPS) is 15.1. The van der Waals surface area contributed by atoms with Crippen LogP contribution in [0.2, 0.25) is 0 Å². The minimum atomic E-state index is -4.07. The SMILES string of the molecule is COC1(c2ccc(CC(NS(=O)(=O)c3ccccn3)c3cccc(N(CC(=O)O)C(=O)OC(C)(C)C)n3)cc2)CC1. The van der Waals surface area contributed by atoms with Crippen LogP contribution in [0, 0.1) is 0 Å². The van der Waals surface area contributed by atoms with Crippen LogP contribution in [-0.2, 0) is 36.3 Å². The van der Waals surface area contributed by atoms with Gasteiger partial charge in [-0.25, -0.2) is 27.9 Å². The molecule has 0 radical (unpaired) electrons. The average molecular weight is 583 g/mol. The Morgan fingerprint density at radius 3 is 2.34 bits per heavy atom. The lowest BCUT2D eigenvalue weighted by molar-refractivity contribution is -0.135. The molecule has 2 heterocycles. The number of nitrogens with one attached hydrogen (secondary N) is 1. The van der Waals surface area contributed by atoms with Gasteiger partial charge in [0.1, 0.15) is 18.0 Å². The van der Waals surface area contributed by atoms with E-state index in [0.717, 1.165) is 28.9 Å². The van der Waals surface area contributed by atoms with Gasteiger partial charge in [0.05, 0.1) is 17.3 Å². The predicted octanol–water partition coefficient (Wildman–Crippen LogP) is 4.20. The summed E-state index contributed by atoms with van der Waals surface area (Å²) in [5, 5.41) is 9.30. The summed E-state index contributed by atoms with van der Waals surface area (Å²) >= 11 is 0. The highest BCUT2D eigenvalue weighted by molar-refractivity contribution is 7.89. The number of ether oxygens (including phenoxy) is 2. The minimum absolute atomic E-state index is 0.00676. The molecule has 1 aromatic carbocycles. The van der Waals surface area contributed by atoms with E-state index in [1.165, 1.54) is 18.3 Å². The van der Waals surface area contributed by atoms with Crippen LogP contribution in [0.4, 0.5) is 10.6 Å². The molecule has 0 aliphatic heterocycles. The molecule has 0 spiro atoms. The number of sulfonamides is 1. The molecule has 1 amide bonds. The number of pyridine rings is 2. The third-order valence-electron chi connectivity index (χ3n) is 6.52. The van der Waals surface area contributed by atoms with Crippen LogP contribution >= 0.6 is 0 Å². The third-order valence-corrected chi connectivity index (χ3v) is 7.91. The number of aliphatic carboxylic acids is 1. The van der Waals surface area contributed by atoms with Crippen molar-refractivity contribution < 1.29 is 32.6 Å². The number of nitrogens with zero attached hydrogens (tertiary/aromatic N) is 3. The van der Waals surface area contributed by atoms with Crippen molar-refractivity contribution in [1.29, 1.82) is 0 Å². The summed E-state index contributed by atoms with van der Waals surface area (Å²) in [6, 6.07) is 16.1. The Morgan fingerprint density at radius 1 is 1.07 bits per heavy atom. The molecule has 3 aromatic rings. The van der Waals surface area contributed by atoms with Gasteiger partial charge >= 0.3 is 12.1 Å². The van der Waals surface area contributed by atoms with E-state index in [9.17, 15) is 23.1 Å². The quantitative estimate of drug-likeness (QED) is 0.339. The average Bonchev–Trinajstić information content (AvgIpc) is 3.72. The molecule has 4 rings (SSSR count). The molecule has 1 aliphatic rings. The number of carbonyl (C=O) groups excluding carboxylic acids is 1. The summed E-state index contributed by atoms with van der Waals surface area (Å²) in [7, 11) is -2.38. The van der Waals surface area contributed by atoms with E-state index < -0.39 is 40.3 Å². The summed E-state index contributed by atoms with van der Waals surface area (Å²) in [6.45, 7) is 4.30. The predicted molar refractivity (Wildman–Crippen MR) is 151 cm³/mol. The highest BCUT2D eigenvalue weighted by atomic mass is 32.2. The van der Waals surface area contributed by atoms with Crippen LogP contribution in [0.15, 0.2) is 71.9 Å². The van der Waals surface area contributed by atoms with Gasteiger partial charge in [-0.15, -0.1) is 0 Å². The first-order valence-electron chi connectivity index (χ1n) is 13.1. The van der Waals surface area contributed by atoms with E-state index in [4.69, 9.17) is 9.47 Å². The molecular formula is C29H34N4O7S. The number of amides is 1. The molecule has 1 unspecified atom stereocenters. The number of aromatic nitrogens is 2. The maximum absolute atomic E-state index is 13.3. The molecule has 11 nitrogen and oxygen atoms in total. The number of carboxylic acid groups (broad SMARTS) is 1. The summed E-state index contributed by atoms with van der Waals surface area (Å²) in [6.07, 6.45) is 2.59. The third kappa shape index (κ3) is 7.66. The molecule has 0 saturated heterocycles. The Kier molecular flexibility index (Phi) is 8.76. The van der Waals surface area contributed by atoms with Crippen molar-refractivity contribution >= 4 is 27.9 Å². The number of carbonyl (C=O) groups is 2. The lowest BCUT2D eigenvalue weighted by atomic mass is 10.00. The molecule has 2 aromatic heterocycles. The first-order chi connectivity index (χ1) is 19.3. The van der Waals surface area contributed by atoms with Gasteiger partial charge in [-0.05, 0) is 75.4 Å². The zero-order valence-electron chi connectivity index (χ0n) is 23.4. The highest BCUT2D eigenvalue weighted by Crippen LogP contribution is 2.48. The lowest BCUT2D eigenvalue weighted by Gasteiger charge is -2.26. The van der Waals surface area contributed by atoms with Gasteiger partial charge in [-0.3, -0.25) is 9.69 Å². The van der Waals surface area contributed by atoms with Gasteiger partial charge < -0.3 is 14.6 Å². The Balaban J connectivity index is 1.69. The van der Waals surface area contributed by atoms with Gasteiger partial charge in [-0.1, -0.05) is 36.4 Å². The number of benzene rings is 1. The maximum Gasteiger partial charge on any atom is 0.416 e. The number of hydrogen-bond donors (Lipinski definition) is 2. The van der Waals surface area contributed by atoms with Crippen molar-refractivity contribution in [2.75, 3.05) is 18.6 Å². The summed E-state index contributed by atoms with van der Waals surface area (Å²) in [4.78, 5) is 33.9. The molecular weight excluding hydrogens is 548 g/mol. The van der Waals surface area contributed by atoms with Crippen molar-refractivity contribution in [3.63, 3.8) is 0 Å². The molecule has 1 saturated carbocycles. The number of carboxylic acids is 1. The maximum atomic E-state index is 13.3. The van der Waals surface area contributed by atoms with Crippen LogP contribution in [-0.4, -0.2) is 54.8 Å². The zero-order valence-corrected chi connectivity index (χ0v) is 24.2. The Hall–Kier alpha value is -3.87. The van der Waals surface area contributed by atoms with Crippen LogP contribution in [0.25, 0.3) is 0 Å². The van der Waals surface area contributed by atoms with Crippen LogP contribution in [0.5, 0.6) is 0 Å². The lowest BCUT2D eigenvalue weighted by Crippen LogP contribution is -2.40. The highest BCUT2D eigenvalue weighted by Gasteiger charge is 2.44. The molecule has 218 valence electrons. The van der Waals surface area contributed by atoms with Gasteiger partial charge in [0.15, 0.2) is 5.03 Å². The molecule has 12 heteroatoms. The van der Waals surface area contributed by atoms with E-state index >= 15 is 0 Å². The van der Waals surface area contributed by atoms with Crippen molar-refractivity contribution in [2.24, 2.45) is 0 Å². The van der Waals surface area contributed by atoms with E-state index in [-0.39, 0.29) is 28.6 Å². The second kappa shape index (κ2) is 11.9. The second-order valence-electron chi connectivity index (χ2n) is 10.8. The van der Waals surface area contributed by atoms with Gasteiger partial charge in [0, 0.05) is 13.3 Å². The summed E-state index contributed by atoms with van der Waals surface area (Å²) < 4.78 is 40.3. The Labute approximate surface area is 239 Å². The fraction of sp³-hybridized carbons (Fsp3) is 0.379. The Morgan fingerprint density at radius 2 is 1.78 bits per heavy atom. The topological polar surface area (TPSA) is 148 Å². The van der Waals surface area contributed by atoms with Crippen molar-refractivity contribution in [3.05, 3.63) is 83.7 Å². The number of anilines is 1. The minimum Gasteiger partial charge on any atom is -0.480 e. The first-order valence-corrected chi connectivity index (χ1v) is 14.6. The van der Waals surface area contributed by atoms with Crippen molar-refractivity contribution in [1.82, 2.24) is 14.7 Å². The number of hydrogen-bond acceptors (Lipinski definition) is 8.